The Kier molecular flexibility index (Phi) is 6.73. The van der Waals surface area contributed by atoms with Crippen molar-refractivity contribution in [3.63, 3.8) is 0 Å². The number of halogens is 1. The Morgan fingerprint density at radius 3 is 2.19 bits per heavy atom. The third-order valence-electron chi connectivity index (χ3n) is 5.53. The van der Waals surface area contributed by atoms with Crippen molar-refractivity contribution in [2.75, 3.05) is 0 Å². The molecule has 0 unspecified atom stereocenters. The van der Waals surface area contributed by atoms with E-state index in [1.165, 1.54) is 57.8 Å². The highest BCUT2D eigenvalue weighted by Crippen LogP contribution is 2.42. The zero-order valence-corrected chi connectivity index (χ0v) is 13.6. The number of hydrogen-bond acceptors (Lipinski definition) is 0. The van der Waals surface area contributed by atoms with E-state index in [9.17, 15) is 4.39 Å². The smallest absolute Gasteiger partial charge is 0.0999 e. The van der Waals surface area contributed by atoms with Crippen LogP contribution in [0.1, 0.15) is 71.1 Å². The van der Waals surface area contributed by atoms with E-state index < -0.39 is 0 Å². The van der Waals surface area contributed by atoms with Crippen molar-refractivity contribution in [3.05, 3.63) is 36.2 Å². The average Bonchev–Trinajstić information content (AvgIpc) is 2.55. The highest BCUT2D eigenvalue weighted by Gasteiger charge is 2.29. The van der Waals surface area contributed by atoms with Crippen LogP contribution in [-0.2, 0) is 0 Å². The first-order valence-corrected chi connectivity index (χ1v) is 8.93. The zero-order chi connectivity index (χ0) is 15.1. The SMILES string of the molecule is C=C/C=C(\C=C(\F)CC)C1CCC(C2CCCCC2)CC1. The minimum atomic E-state index is -0.00231. The molecule has 0 aliphatic heterocycles. The topological polar surface area (TPSA) is 0 Å². The van der Waals surface area contributed by atoms with E-state index in [-0.39, 0.29) is 5.83 Å². The largest absolute Gasteiger partial charge is 0.212 e. The van der Waals surface area contributed by atoms with Gasteiger partial charge in [-0.25, -0.2) is 4.39 Å². The van der Waals surface area contributed by atoms with Crippen LogP contribution >= 0.6 is 0 Å². The van der Waals surface area contributed by atoms with Crippen molar-refractivity contribution in [1.29, 1.82) is 0 Å². The van der Waals surface area contributed by atoms with E-state index in [2.05, 4.69) is 6.58 Å². The Morgan fingerprint density at radius 1 is 1.00 bits per heavy atom. The van der Waals surface area contributed by atoms with Gasteiger partial charge in [0, 0.05) is 0 Å². The van der Waals surface area contributed by atoms with Gasteiger partial charge >= 0.3 is 0 Å². The fourth-order valence-electron chi connectivity index (χ4n) is 4.25. The van der Waals surface area contributed by atoms with E-state index in [0.29, 0.717) is 12.3 Å². The molecule has 0 nitrogen and oxygen atoms in total. The van der Waals surface area contributed by atoms with Gasteiger partial charge in [-0.15, -0.1) is 0 Å². The van der Waals surface area contributed by atoms with E-state index in [0.717, 1.165) is 17.4 Å². The monoisotopic (exact) mass is 290 g/mol. The van der Waals surface area contributed by atoms with Crippen LogP contribution < -0.4 is 0 Å². The summed E-state index contributed by atoms with van der Waals surface area (Å²) in [6.07, 6.45) is 18.4. The number of hydrogen-bond donors (Lipinski definition) is 0. The third kappa shape index (κ3) is 4.83. The molecule has 21 heavy (non-hydrogen) atoms. The van der Waals surface area contributed by atoms with Crippen molar-refractivity contribution < 1.29 is 4.39 Å². The molecule has 0 bridgehead atoms. The summed E-state index contributed by atoms with van der Waals surface area (Å²) in [5.74, 6) is 2.46. The molecule has 2 fully saturated rings. The minimum absolute atomic E-state index is 0.00231. The molecule has 0 spiro atoms. The van der Waals surface area contributed by atoms with Crippen LogP contribution in [0.25, 0.3) is 0 Å². The molecule has 0 aromatic heterocycles. The zero-order valence-electron chi connectivity index (χ0n) is 13.6. The van der Waals surface area contributed by atoms with Crippen LogP contribution in [0.5, 0.6) is 0 Å². The summed E-state index contributed by atoms with van der Waals surface area (Å²) in [5.41, 5.74) is 1.16. The normalized spacial score (nSPS) is 29.4. The predicted molar refractivity (Wildman–Crippen MR) is 89.8 cm³/mol. The lowest BCUT2D eigenvalue weighted by Gasteiger charge is -2.36. The molecule has 0 amide bonds. The molecule has 0 aromatic rings. The highest BCUT2D eigenvalue weighted by atomic mass is 19.1. The fraction of sp³-hybridized carbons (Fsp3) is 0.700. The maximum atomic E-state index is 13.6. The van der Waals surface area contributed by atoms with E-state index in [4.69, 9.17) is 0 Å². The molecule has 0 radical (unpaired) electrons. The summed E-state index contributed by atoms with van der Waals surface area (Å²) >= 11 is 0. The summed E-state index contributed by atoms with van der Waals surface area (Å²) in [6, 6.07) is 0. The molecule has 118 valence electrons. The van der Waals surface area contributed by atoms with Crippen molar-refractivity contribution in [2.45, 2.75) is 71.1 Å². The van der Waals surface area contributed by atoms with Gasteiger partial charge in [0.15, 0.2) is 0 Å². The van der Waals surface area contributed by atoms with Gasteiger partial charge < -0.3 is 0 Å². The minimum Gasteiger partial charge on any atom is -0.212 e. The first-order valence-electron chi connectivity index (χ1n) is 8.93. The van der Waals surface area contributed by atoms with Gasteiger partial charge in [-0.05, 0) is 61.5 Å². The molecule has 2 rings (SSSR count). The van der Waals surface area contributed by atoms with Crippen LogP contribution in [-0.4, -0.2) is 0 Å². The Hall–Kier alpha value is -0.850. The molecule has 0 N–H and O–H groups in total. The van der Waals surface area contributed by atoms with Gasteiger partial charge in [-0.2, -0.15) is 0 Å². The van der Waals surface area contributed by atoms with Crippen molar-refractivity contribution in [2.24, 2.45) is 17.8 Å². The Bertz CT molecular complexity index is 377. The lowest BCUT2D eigenvalue weighted by atomic mass is 9.69. The Labute approximate surface area is 130 Å². The number of allylic oxidation sites excluding steroid dienone is 5. The predicted octanol–water partition coefficient (Wildman–Crippen LogP) is 6.75. The van der Waals surface area contributed by atoms with Gasteiger partial charge in [-0.3, -0.25) is 0 Å². The van der Waals surface area contributed by atoms with Crippen LogP contribution in [0.4, 0.5) is 4.39 Å². The lowest BCUT2D eigenvalue weighted by molar-refractivity contribution is 0.178. The Morgan fingerprint density at radius 2 is 1.62 bits per heavy atom. The highest BCUT2D eigenvalue weighted by molar-refractivity contribution is 5.27. The van der Waals surface area contributed by atoms with Crippen LogP contribution in [0.2, 0.25) is 0 Å². The molecule has 0 heterocycles. The summed E-state index contributed by atoms with van der Waals surface area (Å²) < 4.78 is 13.6. The van der Waals surface area contributed by atoms with Crippen molar-refractivity contribution in [3.8, 4) is 0 Å². The molecule has 0 atom stereocenters. The molecule has 2 aliphatic rings. The summed E-state index contributed by atoms with van der Waals surface area (Å²) in [5, 5.41) is 0. The van der Waals surface area contributed by atoms with Gasteiger partial charge in [0.05, 0.1) is 5.83 Å². The summed E-state index contributed by atoms with van der Waals surface area (Å²) in [4.78, 5) is 0. The van der Waals surface area contributed by atoms with E-state index in [1.807, 2.05) is 19.1 Å². The molecule has 2 saturated carbocycles. The fourth-order valence-corrected chi connectivity index (χ4v) is 4.25. The molecule has 0 aromatic carbocycles. The molecule has 1 heteroatoms. The van der Waals surface area contributed by atoms with Gasteiger partial charge in [0.1, 0.15) is 0 Å². The second kappa shape index (κ2) is 8.56. The summed E-state index contributed by atoms with van der Waals surface area (Å²) in [7, 11) is 0. The van der Waals surface area contributed by atoms with Gasteiger partial charge in [-0.1, -0.05) is 57.8 Å². The lowest BCUT2D eigenvalue weighted by Crippen LogP contribution is -2.24. The third-order valence-corrected chi connectivity index (χ3v) is 5.53. The first kappa shape index (κ1) is 16.5. The second-order valence-electron chi connectivity index (χ2n) is 6.86. The molecule has 2 aliphatic carbocycles. The van der Waals surface area contributed by atoms with Crippen molar-refractivity contribution >= 4 is 0 Å². The van der Waals surface area contributed by atoms with Gasteiger partial charge in [0.25, 0.3) is 0 Å². The summed E-state index contributed by atoms with van der Waals surface area (Å²) in [6.45, 7) is 5.66. The maximum Gasteiger partial charge on any atom is 0.0999 e. The molecule has 0 saturated heterocycles. The van der Waals surface area contributed by atoms with E-state index in [1.54, 1.807) is 6.08 Å². The van der Waals surface area contributed by atoms with E-state index >= 15 is 0 Å². The van der Waals surface area contributed by atoms with Crippen LogP contribution in [0.15, 0.2) is 36.2 Å². The second-order valence-corrected chi connectivity index (χ2v) is 6.86. The maximum absolute atomic E-state index is 13.6. The first-order chi connectivity index (χ1) is 10.2. The van der Waals surface area contributed by atoms with Crippen LogP contribution in [0.3, 0.4) is 0 Å². The quantitative estimate of drug-likeness (QED) is 0.491. The van der Waals surface area contributed by atoms with Crippen LogP contribution in [0, 0.1) is 17.8 Å². The average molecular weight is 290 g/mol. The molecular weight excluding hydrogens is 259 g/mol. The standard InChI is InChI=1S/C20H31F/c1-3-8-19(15-20(21)4-2)18-13-11-17(12-14-18)16-9-6-5-7-10-16/h3,8,15-18H,1,4-7,9-14H2,2H3/b19-8+,20-15+. The molecular formula is C20H31F. The number of rotatable bonds is 5. The van der Waals surface area contributed by atoms with Crippen molar-refractivity contribution in [1.82, 2.24) is 0 Å². The van der Waals surface area contributed by atoms with Gasteiger partial charge in [0.2, 0.25) is 0 Å². The Balaban J connectivity index is 1.91.